The van der Waals surface area contributed by atoms with Crippen LogP contribution in [0.3, 0.4) is 0 Å². The molecule has 29 heavy (non-hydrogen) atoms. The zero-order valence-electron chi connectivity index (χ0n) is 15.8. The Kier molecular flexibility index (Phi) is 5.34. The molecule has 0 aliphatic heterocycles. The molecule has 8 heteroatoms. The van der Waals surface area contributed by atoms with Crippen molar-refractivity contribution in [3.05, 3.63) is 63.9 Å². The number of carbonyl (C=O) groups is 1. The average molecular weight is 428 g/mol. The summed E-state index contributed by atoms with van der Waals surface area (Å²) < 4.78 is 6.59. The molecule has 148 valence electrons. The summed E-state index contributed by atoms with van der Waals surface area (Å²) in [5.74, 6) is -0.358. The lowest BCUT2D eigenvalue weighted by Gasteiger charge is -2.15. The van der Waals surface area contributed by atoms with Crippen LogP contribution in [0.1, 0.15) is 13.8 Å². The normalized spacial score (nSPS) is 12.4. The second kappa shape index (κ2) is 7.93. The highest BCUT2D eigenvalue weighted by Gasteiger charge is 2.22. The van der Waals surface area contributed by atoms with E-state index in [2.05, 4.69) is 4.98 Å². The lowest BCUT2D eigenvalue weighted by Crippen LogP contribution is -2.24. The number of esters is 1. The summed E-state index contributed by atoms with van der Waals surface area (Å²) in [6, 6.07) is 14.6. The summed E-state index contributed by atoms with van der Waals surface area (Å²) in [6.07, 6.45) is 0. The predicted octanol–water partition coefficient (Wildman–Crippen LogP) is 4.56. The van der Waals surface area contributed by atoms with Crippen molar-refractivity contribution in [1.29, 1.82) is 0 Å². The summed E-state index contributed by atoms with van der Waals surface area (Å²) in [5.41, 5.74) is 2.12. The molecule has 0 aliphatic rings. The van der Waals surface area contributed by atoms with E-state index in [9.17, 15) is 9.59 Å². The third-order valence-electron chi connectivity index (χ3n) is 4.46. The van der Waals surface area contributed by atoms with Crippen LogP contribution in [0.4, 0.5) is 0 Å². The molecule has 0 radical (unpaired) electrons. The number of benzene rings is 2. The van der Waals surface area contributed by atoms with E-state index in [0.717, 1.165) is 10.9 Å². The Morgan fingerprint density at radius 2 is 2.07 bits per heavy atom. The Balaban J connectivity index is 1.97. The SMILES string of the molecule is CCOC(=O)[C@H](C)Sc1nc2c([nH]c3ccccc32)c(=O)n1-c1cccc(Cl)c1. The molecule has 4 aromatic rings. The zero-order chi connectivity index (χ0) is 20.5. The number of rotatable bonds is 5. The number of fused-ring (bicyclic) bond motifs is 3. The van der Waals surface area contributed by atoms with Gasteiger partial charge in [-0.2, -0.15) is 0 Å². The van der Waals surface area contributed by atoms with Crippen LogP contribution in [0.15, 0.2) is 58.5 Å². The van der Waals surface area contributed by atoms with E-state index in [1.165, 1.54) is 16.3 Å². The molecule has 6 nitrogen and oxygen atoms in total. The van der Waals surface area contributed by atoms with Crippen molar-refractivity contribution in [3.8, 4) is 5.69 Å². The topological polar surface area (TPSA) is 77.0 Å². The first-order valence-corrected chi connectivity index (χ1v) is 10.4. The molecule has 2 aromatic heterocycles. The van der Waals surface area contributed by atoms with E-state index in [0.29, 0.717) is 33.5 Å². The van der Waals surface area contributed by atoms with Crippen molar-refractivity contribution in [2.24, 2.45) is 0 Å². The van der Waals surface area contributed by atoms with Crippen LogP contribution < -0.4 is 5.56 Å². The molecular formula is C21H18ClN3O3S. The minimum Gasteiger partial charge on any atom is -0.465 e. The van der Waals surface area contributed by atoms with Crippen molar-refractivity contribution in [2.45, 2.75) is 24.3 Å². The first-order chi connectivity index (χ1) is 14.0. The fraction of sp³-hybridized carbons (Fsp3) is 0.190. The number of H-pyrrole nitrogens is 1. The lowest BCUT2D eigenvalue weighted by atomic mass is 10.2. The van der Waals surface area contributed by atoms with Gasteiger partial charge in [0.15, 0.2) is 5.16 Å². The molecule has 0 amide bonds. The number of carbonyl (C=O) groups excluding carboxylic acids is 1. The number of halogens is 1. The van der Waals surface area contributed by atoms with Crippen LogP contribution >= 0.6 is 23.4 Å². The molecule has 1 atom stereocenters. The molecule has 0 aliphatic carbocycles. The van der Waals surface area contributed by atoms with Gasteiger partial charge in [-0.05, 0) is 38.1 Å². The molecule has 4 rings (SSSR count). The standard InChI is InChI=1S/C21H18ClN3O3S/c1-3-28-20(27)12(2)29-21-24-17-15-9-4-5-10-16(15)23-18(17)19(26)25(21)14-8-6-7-13(22)11-14/h4-12,23H,3H2,1-2H3/t12-/m0/s1. The highest BCUT2D eigenvalue weighted by atomic mass is 35.5. The highest BCUT2D eigenvalue weighted by Crippen LogP contribution is 2.29. The second-order valence-electron chi connectivity index (χ2n) is 6.42. The Morgan fingerprint density at radius 3 is 2.83 bits per heavy atom. The molecule has 0 saturated carbocycles. The van der Waals surface area contributed by atoms with Gasteiger partial charge in [0.25, 0.3) is 5.56 Å². The molecule has 0 bridgehead atoms. The Labute approximate surface area is 175 Å². The fourth-order valence-electron chi connectivity index (χ4n) is 3.13. The van der Waals surface area contributed by atoms with E-state index < -0.39 is 5.25 Å². The van der Waals surface area contributed by atoms with E-state index in [-0.39, 0.29) is 11.5 Å². The van der Waals surface area contributed by atoms with Crippen molar-refractivity contribution in [1.82, 2.24) is 14.5 Å². The van der Waals surface area contributed by atoms with Gasteiger partial charge in [-0.1, -0.05) is 47.6 Å². The minimum atomic E-state index is -0.532. The number of aromatic nitrogens is 3. The number of para-hydroxylation sites is 1. The number of hydrogen-bond acceptors (Lipinski definition) is 5. The third-order valence-corrected chi connectivity index (χ3v) is 5.73. The smallest absolute Gasteiger partial charge is 0.319 e. The predicted molar refractivity (Wildman–Crippen MR) is 116 cm³/mol. The summed E-state index contributed by atoms with van der Waals surface area (Å²) in [6.45, 7) is 3.78. The van der Waals surface area contributed by atoms with Crippen LogP contribution in [-0.4, -0.2) is 32.4 Å². The highest BCUT2D eigenvalue weighted by molar-refractivity contribution is 8.00. The molecule has 0 saturated heterocycles. The van der Waals surface area contributed by atoms with Gasteiger partial charge < -0.3 is 9.72 Å². The van der Waals surface area contributed by atoms with Gasteiger partial charge in [0.05, 0.1) is 12.3 Å². The Bertz CT molecular complexity index is 1280. The number of thioether (sulfide) groups is 1. The van der Waals surface area contributed by atoms with E-state index in [4.69, 9.17) is 21.3 Å². The van der Waals surface area contributed by atoms with E-state index >= 15 is 0 Å². The Hall–Kier alpha value is -2.77. The molecule has 1 N–H and O–H groups in total. The van der Waals surface area contributed by atoms with Crippen molar-refractivity contribution in [2.75, 3.05) is 6.61 Å². The lowest BCUT2D eigenvalue weighted by molar-refractivity contribution is -0.142. The molecule has 0 unspecified atom stereocenters. The number of nitrogens with one attached hydrogen (secondary N) is 1. The average Bonchev–Trinajstić information content (AvgIpc) is 3.07. The van der Waals surface area contributed by atoms with Crippen LogP contribution in [0.2, 0.25) is 5.02 Å². The minimum absolute atomic E-state index is 0.257. The van der Waals surface area contributed by atoms with Crippen molar-refractivity contribution in [3.63, 3.8) is 0 Å². The summed E-state index contributed by atoms with van der Waals surface area (Å²) in [5, 5.41) is 1.22. The van der Waals surface area contributed by atoms with Crippen molar-refractivity contribution < 1.29 is 9.53 Å². The monoisotopic (exact) mass is 427 g/mol. The van der Waals surface area contributed by atoms with E-state index in [1.54, 1.807) is 38.1 Å². The van der Waals surface area contributed by atoms with Gasteiger partial charge in [-0.15, -0.1) is 0 Å². The molecular weight excluding hydrogens is 410 g/mol. The van der Waals surface area contributed by atoms with Gasteiger partial charge in [0, 0.05) is 15.9 Å². The summed E-state index contributed by atoms with van der Waals surface area (Å²) >= 11 is 7.34. The van der Waals surface area contributed by atoms with Crippen LogP contribution in [0.5, 0.6) is 0 Å². The largest absolute Gasteiger partial charge is 0.465 e. The van der Waals surface area contributed by atoms with Crippen LogP contribution in [0, 0.1) is 0 Å². The van der Waals surface area contributed by atoms with Crippen molar-refractivity contribution >= 4 is 51.3 Å². The maximum Gasteiger partial charge on any atom is 0.319 e. The maximum absolute atomic E-state index is 13.4. The van der Waals surface area contributed by atoms with Gasteiger partial charge in [-0.3, -0.25) is 14.2 Å². The van der Waals surface area contributed by atoms with Gasteiger partial charge >= 0.3 is 5.97 Å². The fourth-order valence-corrected chi connectivity index (χ4v) is 4.23. The Morgan fingerprint density at radius 1 is 1.28 bits per heavy atom. The quantitative estimate of drug-likeness (QED) is 0.287. The zero-order valence-corrected chi connectivity index (χ0v) is 17.4. The molecule has 0 fully saturated rings. The number of aromatic amines is 1. The first kappa shape index (κ1) is 19.5. The third kappa shape index (κ3) is 3.63. The molecule has 2 aromatic carbocycles. The number of hydrogen-bond donors (Lipinski definition) is 1. The maximum atomic E-state index is 13.4. The van der Waals surface area contributed by atoms with Crippen LogP contribution in [-0.2, 0) is 9.53 Å². The van der Waals surface area contributed by atoms with Gasteiger partial charge in [0.1, 0.15) is 16.3 Å². The molecule has 2 heterocycles. The van der Waals surface area contributed by atoms with Gasteiger partial charge in [-0.25, -0.2) is 4.98 Å². The summed E-state index contributed by atoms with van der Waals surface area (Å²) in [4.78, 5) is 33.5. The van der Waals surface area contributed by atoms with E-state index in [1.807, 2.05) is 24.3 Å². The number of ether oxygens (including phenoxy) is 1. The first-order valence-electron chi connectivity index (χ1n) is 9.12. The summed E-state index contributed by atoms with van der Waals surface area (Å²) in [7, 11) is 0. The number of nitrogens with zero attached hydrogens (tertiary/aromatic N) is 2. The second-order valence-corrected chi connectivity index (χ2v) is 8.17. The van der Waals surface area contributed by atoms with Gasteiger partial charge in [0.2, 0.25) is 0 Å². The molecule has 0 spiro atoms. The van der Waals surface area contributed by atoms with Crippen LogP contribution in [0.25, 0.3) is 27.6 Å².